The van der Waals surface area contributed by atoms with E-state index >= 15 is 0 Å². The molecule has 1 N–H and O–H groups in total. The van der Waals surface area contributed by atoms with Crippen LogP contribution in [-0.2, 0) is 9.59 Å². The summed E-state index contributed by atoms with van der Waals surface area (Å²) in [6.45, 7) is 0.529. The zero-order chi connectivity index (χ0) is 18.4. The van der Waals surface area contributed by atoms with Gasteiger partial charge in [-0.15, -0.1) is 0 Å². The minimum absolute atomic E-state index is 0.0544. The Morgan fingerprint density at radius 2 is 1.81 bits per heavy atom. The maximum Gasteiger partial charge on any atom is 0.293 e. The number of benzene rings is 1. The summed E-state index contributed by atoms with van der Waals surface area (Å²) in [4.78, 5) is 38.5. The first-order chi connectivity index (χ1) is 12.6. The second-order valence-corrected chi connectivity index (χ2v) is 7.72. The molecule has 6 heteroatoms. The van der Waals surface area contributed by atoms with Crippen LogP contribution in [0.15, 0.2) is 35.2 Å². The molecule has 1 saturated heterocycles. The van der Waals surface area contributed by atoms with E-state index in [1.165, 1.54) is 17.7 Å². The van der Waals surface area contributed by atoms with Gasteiger partial charge >= 0.3 is 0 Å². The van der Waals surface area contributed by atoms with Gasteiger partial charge in [0, 0.05) is 19.0 Å². The van der Waals surface area contributed by atoms with Crippen LogP contribution in [0.4, 0.5) is 4.79 Å². The predicted molar refractivity (Wildman–Crippen MR) is 103 cm³/mol. The van der Waals surface area contributed by atoms with Gasteiger partial charge in [-0.25, -0.2) is 0 Å². The van der Waals surface area contributed by atoms with E-state index < -0.39 is 0 Å². The van der Waals surface area contributed by atoms with Gasteiger partial charge in [-0.05, 0) is 36.2 Å². The summed E-state index contributed by atoms with van der Waals surface area (Å²) >= 11 is 0.952. The molecular formula is C20H24N2O3S. The van der Waals surface area contributed by atoms with E-state index in [4.69, 9.17) is 0 Å². The molecule has 1 aliphatic carbocycles. The summed E-state index contributed by atoms with van der Waals surface area (Å²) in [5.41, 5.74) is 0.889. The number of thioether (sulfide) groups is 1. The van der Waals surface area contributed by atoms with Crippen molar-refractivity contribution in [3.63, 3.8) is 0 Å². The highest BCUT2D eigenvalue weighted by Crippen LogP contribution is 2.31. The van der Waals surface area contributed by atoms with E-state index in [0.717, 1.165) is 43.0 Å². The average molecular weight is 372 g/mol. The number of nitrogens with one attached hydrogen (secondary N) is 1. The highest BCUT2D eigenvalue weighted by molar-refractivity contribution is 8.18. The zero-order valence-corrected chi connectivity index (χ0v) is 15.6. The molecule has 3 amide bonds. The van der Waals surface area contributed by atoms with E-state index in [9.17, 15) is 14.4 Å². The third-order valence-corrected chi connectivity index (χ3v) is 5.74. The fraction of sp³-hybridized carbons (Fsp3) is 0.450. The lowest BCUT2D eigenvalue weighted by Crippen LogP contribution is -2.39. The number of hydrogen-bond donors (Lipinski definition) is 1. The van der Waals surface area contributed by atoms with Crippen LogP contribution in [0.3, 0.4) is 0 Å². The van der Waals surface area contributed by atoms with E-state index in [0.29, 0.717) is 11.4 Å². The van der Waals surface area contributed by atoms with Gasteiger partial charge in [-0.2, -0.15) is 0 Å². The minimum atomic E-state index is -0.285. The zero-order valence-electron chi connectivity index (χ0n) is 14.8. The Morgan fingerprint density at radius 3 is 2.50 bits per heavy atom. The smallest absolute Gasteiger partial charge is 0.293 e. The largest absolute Gasteiger partial charge is 0.354 e. The molecule has 1 aliphatic heterocycles. The summed E-state index contributed by atoms with van der Waals surface area (Å²) in [5, 5.41) is 2.62. The third kappa shape index (κ3) is 4.75. The summed E-state index contributed by atoms with van der Waals surface area (Å²) in [6.07, 6.45) is 8.22. The lowest BCUT2D eigenvalue weighted by Gasteiger charge is -2.16. The molecule has 5 nitrogen and oxygen atoms in total. The number of rotatable bonds is 5. The van der Waals surface area contributed by atoms with Crippen molar-refractivity contribution in [2.45, 2.75) is 38.5 Å². The van der Waals surface area contributed by atoms with Crippen LogP contribution < -0.4 is 5.32 Å². The van der Waals surface area contributed by atoms with Crippen LogP contribution in [0.1, 0.15) is 44.1 Å². The Balaban J connectivity index is 1.52. The second kappa shape index (κ2) is 9.03. The van der Waals surface area contributed by atoms with Crippen molar-refractivity contribution in [2.75, 3.05) is 13.1 Å². The molecule has 26 heavy (non-hydrogen) atoms. The lowest BCUT2D eigenvalue weighted by atomic mass is 9.99. The van der Waals surface area contributed by atoms with Gasteiger partial charge < -0.3 is 5.32 Å². The van der Waals surface area contributed by atoms with E-state index in [1.807, 2.05) is 30.3 Å². The Kier molecular flexibility index (Phi) is 6.50. The van der Waals surface area contributed by atoms with E-state index in [2.05, 4.69) is 5.32 Å². The van der Waals surface area contributed by atoms with Gasteiger partial charge in [-0.1, -0.05) is 56.0 Å². The van der Waals surface area contributed by atoms with Crippen molar-refractivity contribution in [1.29, 1.82) is 0 Å². The van der Waals surface area contributed by atoms with Crippen LogP contribution >= 0.6 is 11.8 Å². The van der Waals surface area contributed by atoms with Gasteiger partial charge in [0.25, 0.3) is 11.1 Å². The molecule has 0 aromatic heterocycles. The minimum Gasteiger partial charge on any atom is -0.354 e. The Bertz CT molecular complexity index is 694. The summed E-state index contributed by atoms with van der Waals surface area (Å²) in [6, 6.07) is 9.46. The normalized spacial score (nSPS) is 20.5. The topological polar surface area (TPSA) is 66.5 Å². The second-order valence-electron chi connectivity index (χ2n) is 6.72. The van der Waals surface area contributed by atoms with Gasteiger partial charge in [0.2, 0.25) is 5.91 Å². The Labute approximate surface area is 158 Å². The maximum absolute atomic E-state index is 12.4. The molecule has 138 valence electrons. The molecular weight excluding hydrogens is 348 g/mol. The first kappa shape index (κ1) is 18.7. The van der Waals surface area contributed by atoms with Gasteiger partial charge in [0.05, 0.1) is 4.91 Å². The molecule has 2 aliphatic rings. The summed E-state index contributed by atoms with van der Waals surface area (Å²) < 4.78 is 0. The number of carbonyl (C=O) groups excluding carboxylic acids is 3. The van der Waals surface area contributed by atoms with E-state index in [-0.39, 0.29) is 29.5 Å². The fourth-order valence-corrected chi connectivity index (χ4v) is 4.24. The van der Waals surface area contributed by atoms with Gasteiger partial charge in [0.15, 0.2) is 0 Å². The third-order valence-electron chi connectivity index (χ3n) is 4.83. The highest BCUT2D eigenvalue weighted by atomic mass is 32.2. The van der Waals surface area contributed by atoms with Crippen LogP contribution in [0.2, 0.25) is 0 Å². The molecule has 0 unspecified atom stereocenters. The van der Waals surface area contributed by atoms with Crippen LogP contribution in [-0.4, -0.2) is 35.0 Å². The van der Waals surface area contributed by atoms with Crippen LogP contribution in [0, 0.1) is 5.92 Å². The number of hydrogen-bond acceptors (Lipinski definition) is 4. The number of imide groups is 1. The molecule has 0 atom stereocenters. The molecule has 2 fully saturated rings. The standard InChI is InChI=1S/C20H24N2O3S/c23-18(16-10-6-1-2-7-11-16)21-12-13-22-19(24)17(26-20(22)25)14-15-8-4-3-5-9-15/h3-5,8-9,14,16H,1-2,6-7,10-13H2,(H,21,23)/b17-14+. The molecule has 1 heterocycles. The van der Waals surface area contributed by atoms with E-state index in [1.54, 1.807) is 6.08 Å². The fourth-order valence-electron chi connectivity index (χ4n) is 3.37. The van der Waals surface area contributed by atoms with Crippen LogP contribution in [0.25, 0.3) is 6.08 Å². The van der Waals surface area contributed by atoms with Crippen LogP contribution in [0.5, 0.6) is 0 Å². The highest BCUT2D eigenvalue weighted by Gasteiger charge is 2.34. The molecule has 0 bridgehead atoms. The Hall–Kier alpha value is -2.08. The Morgan fingerprint density at radius 1 is 1.12 bits per heavy atom. The SMILES string of the molecule is O=C(NCCN1C(=O)S/C(=C/c2ccccc2)C1=O)C1CCCCCC1. The number of amides is 3. The summed E-state index contributed by atoms with van der Waals surface area (Å²) in [5.74, 6) is -0.156. The van der Waals surface area contributed by atoms with Crippen molar-refractivity contribution >= 4 is 34.9 Å². The summed E-state index contributed by atoms with van der Waals surface area (Å²) in [7, 11) is 0. The average Bonchev–Trinajstić information content (AvgIpc) is 2.85. The predicted octanol–water partition coefficient (Wildman–Crippen LogP) is 3.81. The van der Waals surface area contributed by atoms with Crippen molar-refractivity contribution in [2.24, 2.45) is 5.92 Å². The molecule has 1 aromatic rings. The molecule has 0 spiro atoms. The first-order valence-corrected chi connectivity index (χ1v) is 10.0. The molecule has 3 rings (SSSR count). The van der Waals surface area contributed by atoms with Crippen molar-refractivity contribution in [3.05, 3.63) is 40.8 Å². The van der Waals surface area contributed by atoms with Crippen molar-refractivity contribution in [3.8, 4) is 0 Å². The lowest BCUT2D eigenvalue weighted by molar-refractivity contribution is -0.126. The quantitative estimate of drug-likeness (QED) is 0.630. The number of nitrogens with zero attached hydrogens (tertiary/aromatic N) is 1. The van der Waals surface area contributed by atoms with Gasteiger partial charge in [-0.3, -0.25) is 19.3 Å². The number of carbonyl (C=O) groups is 3. The van der Waals surface area contributed by atoms with Gasteiger partial charge in [0.1, 0.15) is 0 Å². The van der Waals surface area contributed by atoms with Crippen molar-refractivity contribution in [1.82, 2.24) is 10.2 Å². The molecule has 1 saturated carbocycles. The monoisotopic (exact) mass is 372 g/mol. The molecule has 1 aromatic carbocycles. The molecule has 0 radical (unpaired) electrons. The van der Waals surface area contributed by atoms with Crippen molar-refractivity contribution < 1.29 is 14.4 Å². The first-order valence-electron chi connectivity index (χ1n) is 9.23. The maximum atomic E-state index is 12.4.